The monoisotopic (exact) mass is 235 g/mol. The first kappa shape index (κ1) is 12.1. The highest BCUT2D eigenvalue weighted by Gasteiger charge is 2.37. The van der Waals surface area contributed by atoms with Crippen LogP contribution in [0.5, 0.6) is 0 Å². The fraction of sp³-hybridized carbons (Fsp3) is 0.462. The first-order valence-electron chi connectivity index (χ1n) is 5.83. The third kappa shape index (κ3) is 2.65. The highest BCUT2D eigenvalue weighted by Crippen LogP contribution is 2.32. The minimum Gasteiger partial charge on any atom is -0.465 e. The number of ether oxygens (including phenoxy) is 1. The highest BCUT2D eigenvalue weighted by atomic mass is 16.7. The second-order valence-corrected chi connectivity index (χ2v) is 4.05. The van der Waals surface area contributed by atoms with Crippen molar-refractivity contribution in [2.45, 2.75) is 25.5 Å². The van der Waals surface area contributed by atoms with Crippen LogP contribution in [0.1, 0.15) is 25.0 Å². The van der Waals surface area contributed by atoms with E-state index in [2.05, 4.69) is 0 Å². The van der Waals surface area contributed by atoms with Gasteiger partial charge in [-0.3, -0.25) is 9.63 Å². The third-order valence-electron chi connectivity index (χ3n) is 2.90. The number of nitrogens with zero attached hydrogens (tertiary/aromatic N) is 1. The zero-order valence-electron chi connectivity index (χ0n) is 10.1. The van der Waals surface area contributed by atoms with Gasteiger partial charge in [0.2, 0.25) is 0 Å². The Kier molecular flexibility index (Phi) is 3.76. The molecule has 1 aliphatic rings. The molecule has 1 saturated heterocycles. The maximum atomic E-state index is 11.7. The van der Waals surface area contributed by atoms with Crippen LogP contribution in [0.15, 0.2) is 30.3 Å². The lowest BCUT2D eigenvalue weighted by Gasteiger charge is -2.15. The molecule has 0 aromatic heterocycles. The Balaban J connectivity index is 2.04. The van der Waals surface area contributed by atoms with E-state index in [9.17, 15) is 4.79 Å². The Morgan fingerprint density at radius 3 is 2.82 bits per heavy atom. The molecule has 4 nitrogen and oxygen atoms in total. The summed E-state index contributed by atoms with van der Waals surface area (Å²) in [6.45, 7) is 2.21. The smallest absolute Gasteiger partial charge is 0.325 e. The van der Waals surface area contributed by atoms with Crippen molar-refractivity contribution in [3.63, 3.8) is 0 Å². The lowest BCUT2D eigenvalue weighted by atomic mass is 10.0. The van der Waals surface area contributed by atoms with Crippen molar-refractivity contribution < 1.29 is 14.4 Å². The number of hydrogen-bond acceptors (Lipinski definition) is 4. The van der Waals surface area contributed by atoms with E-state index in [4.69, 9.17) is 9.57 Å². The van der Waals surface area contributed by atoms with Crippen molar-refractivity contribution in [2.75, 3.05) is 13.7 Å². The van der Waals surface area contributed by atoms with Crippen molar-refractivity contribution in [2.24, 2.45) is 0 Å². The van der Waals surface area contributed by atoms with Gasteiger partial charge in [-0.15, -0.1) is 0 Å². The normalized spacial score (nSPS) is 24.8. The van der Waals surface area contributed by atoms with E-state index in [-0.39, 0.29) is 18.1 Å². The van der Waals surface area contributed by atoms with E-state index >= 15 is 0 Å². The Morgan fingerprint density at radius 2 is 2.18 bits per heavy atom. The number of carbonyl (C=O) groups is 1. The summed E-state index contributed by atoms with van der Waals surface area (Å²) < 4.78 is 5.02. The van der Waals surface area contributed by atoms with Gasteiger partial charge in [-0.25, -0.2) is 0 Å². The molecule has 1 aromatic carbocycles. The molecular weight excluding hydrogens is 218 g/mol. The molecule has 0 saturated carbocycles. The number of hydrogen-bond donors (Lipinski definition) is 0. The average molecular weight is 235 g/mol. The van der Waals surface area contributed by atoms with Crippen LogP contribution in [-0.4, -0.2) is 30.7 Å². The van der Waals surface area contributed by atoms with Gasteiger partial charge in [0.15, 0.2) is 0 Å². The topological polar surface area (TPSA) is 38.8 Å². The summed E-state index contributed by atoms with van der Waals surface area (Å²) in [6.07, 6.45) is 0.579. The van der Waals surface area contributed by atoms with Gasteiger partial charge >= 0.3 is 5.97 Å². The van der Waals surface area contributed by atoms with Crippen molar-refractivity contribution in [1.29, 1.82) is 0 Å². The Bertz CT molecular complexity index is 380. The molecule has 0 unspecified atom stereocenters. The number of esters is 1. The van der Waals surface area contributed by atoms with Crippen LogP contribution in [0, 0.1) is 0 Å². The SMILES string of the molecule is CCOC(=O)[C@H]1C[C@@H](c2ccccc2)ON1C. The summed E-state index contributed by atoms with van der Waals surface area (Å²) in [6, 6.07) is 9.61. The summed E-state index contributed by atoms with van der Waals surface area (Å²) in [5, 5.41) is 1.59. The van der Waals surface area contributed by atoms with Gasteiger partial charge in [-0.2, -0.15) is 5.06 Å². The molecule has 0 amide bonds. The first-order valence-corrected chi connectivity index (χ1v) is 5.83. The molecule has 0 N–H and O–H groups in total. The van der Waals surface area contributed by atoms with Crippen LogP contribution in [0.4, 0.5) is 0 Å². The van der Waals surface area contributed by atoms with E-state index in [1.807, 2.05) is 37.3 Å². The standard InChI is InChI=1S/C13H17NO3/c1-3-16-13(15)11-9-12(17-14(11)2)10-7-5-4-6-8-10/h4-8,11-12H,3,9H2,1-2H3/t11-,12+/m1/s1. The molecule has 0 spiro atoms. The zero-order valence-corrected chi connectivity index (χ0v) is 10.1. The number of likely N-dealkylation sites (N-methyl/N-ethyl adjacent to an activating group) is 1. The van der Waals surface area contributed by atoms with Gasteiger partial charge in [0.05, 0.1) is 6.61 Å². The van der Waals surface area contributed by atoms with Gasteiger partial charge in [0.1, 0.15) is 12.1 Å². The molecule has 2 rings (SSSR count). The first-order chi connectivity index (χ1) is 8.22. The molecule has 1 aromatic rings. The van der Waals surface area contributed by atoms with Crippen LogP contribution in [0.3, 0.4) is 0 Å². The largest absolute Gasteiger partial charge is 0.465 e. The van der Waals surface area contributed by atoms with E-state index in [1.165, 1.54) is 0 Å². The average Bonchev–Trinajstić information content (AvgIpc) is 2.73. The maximum Gasteiger partial charge on any atom is 0.325 e. The number of benzene rings is 1. The summed E-state index contributed by atoms with van der Waals surface area (Å²) >= 11 is 0. The minimum atomic E-state index is -0.305. The van der Waals surface area contributed by atoms with E-state index in [0.717, 1.165) is 5.56 Å². The molecular formula is C13H17NO3. The second kappa shape index (κ2) is 5.29. The number of hydroxylamine groups is 2. The third-order valence-corrected chi connectivity index (χ3v) is 2.90. The number of rotatable bonds is 3. The van der Waals surface area contributed by atoms with E-state index in [0.29, 0.717) is 13.0 Å². The highest BCUT2D eigenvalue weighted by molar-refractivity contribution is 5.75. The molecule has 17 heavy (non-hydrogen) atoms. The lowest BCUT2D eigenvalue weighted by molar-refractivity contribution is -0.172. The molecule has 0 aliphatic carbocycles. The van der Waals surface area contributed by atoms with Gasteiger partial charge in [-0.1, -0.05) is 30.3 Å². The Morgan fingerprint density at radius 1 is 1.47 bits per heavy atom. The van der Waals surface area contributed by atoms with Gasteiger partial charge in [0, 0.05) is 13.5 Å². The summed E-state index contributed by atoms with van der Waals surface area (Å²) in [7, 11) is 1.77. The van der Waals surface area contributed by atoms with Crippen molar-refractivity contribution >= 4 is 5.97 Å². The fourth-order valence-corrected chi connectivity index (χ4v) is 2.02. The van der Waals surface area contributed by atoms with Crippen LogP contribution in [0.25, 0.3) is 0 Å². The molecule has 1 fully saturated rings. The summed E-state index contributed by atoms with van der Waals surface area (Å²) in [4.78, 5) is 17.3. The molecule has 1 aliphatic heterocycles. The van der Waals surface area contributed by atoms with Crippen molar-refractivity contribution in [3.05, 3.63) is 35.9 Å². The second-order valence-electron chi connectivity index (χ2n) is 4.05. The summed E-state index contributed by atoms with van der Waals surface area (Å²) in [5.74, 6) is -0.214. The molecule has 0 bridgehead atoms. The predicted molar refractivity (Wildman–Crippen MR) is 63.1 cm³/mol. The van der Waals surface area contributed by atoms with Crippen LogP contribution in [0.2, 0.25) is 0 Å². The quantitative estimate of drug-likeness (QED) is 0.750. The van der Waals surface area contributed by atoms with Crippen LogP contribution >= 0.6 is 0 Å². The van der Waals surface area contributed by atoms with Gasteiger partial charge < -0.3 is 4.74 Å². The number of carbonyl (C=O) groups excluding carboxylic acids is 1. The van der Waals surface area contributed by atoms with Gasteiger partial charge in [-0.05, 0) is 12.5 Å². The Labute approximate surface area is 101 Å². The van der Waals surface area contributed by atoms with Crippen molar-refractivity contribution in [3.8, 4) is 0 Å². The molecule has 92 valence electrons. The fourth-order valence-electron chi connectivity index (χ4n) is 2.02. The molecule has 4 heteroatoms. The molecule has 2 atom stereocenters. The summed E-state index contributed by atoms with van der Waals surface area (Å²) in [5.41, 5.74) is 1.09. The zero-order chi connectivity index (χ0) is 12.3. The van der Waals surface area contributed by atoms with E-state index < -0.39 is 0 Å². The van der Waals surface area contributed by atoms with Crippen molar-refractivity contribution in [1.82, 2.24) is 5.06 Å². The maximum absolute atomic E-state index is 11.7. The lowest BCUT2D eigenvalue weighted by Crippen LogP contribution is -2.33. The predicted octanol–water partition coefficient (Wildman–Crippen LogP) is 1.93. The van der Waals surface area contributed by atoms with Crippen LogP contribution in [-0.2, 0) is 14.4 Å². The van der Waals surface area contributed by atoms with Gasteiger partial charge in [0.25, 0.3) is 0 Å². The minimum absolute atomic E-state index is 0.0596. The Hall–Kier alpha value is -1.39. The molecule has 0 radical (unpaired) electrons. The van der Waals surface area contributed by atoms with Crippen LogP contribution < -0.4 is 0 Å². The molecule has 1 heterocycles. The van der Waals surface area contributed by atoms with E-state index in [1.54, 1.807) is 12.1 Å².